The van der Waals surface area contributed by atoms with Crippen LogP contribution in [-0.4, -0.2) is 36.4 Å². The Morgan fingerprint density at radius 1 is 0.731 bits per heavy atom. The lowest BCUT2D eigenvalue weighted by Gasteiger charge is -2.51. The Morgan fingerprint density at radius 3 is 1.42 bits per heavy atom. The molecule has 2 aliphatic heterocycles. The van der Waals surface area contributed by atoms with E-state index in [-0.39, 0.29) is 0 Å². The molecule has 0 fully saturated rings. The van der Waals surface area contributed by atoms with Crippen molar-refractivity contribution in [1.29, 1.82) is 0 Å². The number of para-hydroxylation sites is 2. The van der Waals surface area contributed by atoms with Crippen molar-refractivity contribution in [2.24, 2.45) is 0 Å². The molecule has 2 aliphatic rings. The summed E-state index contributed by atoms with van der Waals surface area (Å²) < 4.78 is 53.5. The summed E-state index contributed by atoms with van der Waals surface area (Å²) in [5.41, 5.74) is 2.40. The maximum atomic E-state index is 12.7. The first-order valence-corrected chi connectivity index (χ1v) is 11.8. The van der Waals surface area contributed by atoms with Gasteiger partial charge in [0, 0.05) is 0 Å². The Hall–Kier alpha value is -2.10. The van der Waals surface area contributed by atoms with E-state index in [2.05, 4.69) is 0 Å². The van der Waals surface area contributed by atoms with Gasteiger partial charge in [0.1, 0.15) is 0 Å². The van der Waals surface area contributed by atoms with Gasteiger partial charge in [0.05, 0.1) is 42.1 Å². The van der Waals surface area contributed by atoms with Gasteiger partial charge in [0.25, 0.3) is 0 Å². The molecule has 0 aliphatic carbocycles. The fourth-order valence-corrected chi connectivity index (χ4v) is 6.49. The van der Waals surface area contributed by atoms with Crippen molar-refractivity contribution >= 4 is 31.4 Å². The zero-order valence-electron chi connectivity index (χ0n) is 14.6. The topological polar surface area (TPSA) is 79.2 Å². The first kappa shape index (κ1) is 17.3. The van der Waals surface area contributed by atoms with Crippen molar-refractivity contribution in [3.8, 4) is 0 Å². The molecule has 0 saturated carbocycles. The summed E-state index contributed by atoms with van der Waals surface area (Å²) in [4.78, 5) is 0.776. The number of fused-ring (bicyclic) bond motifs is 6. The highest BCUT2D eigenvalue weighted by atomic mass is 32.2. The number of quaternary nitrogens is 1. The summed E-state index contributed by atoms with van der Waals surface area (Å²) in [6.07, 6.45) is 1.31. The van der Waals surface area contributed by atoms with Crippen molar-refractivity contribution < 1.29 is 21.7 Å². The maximum absolute atomic E-state index is 12.7. The smallest absolute Gasteiger partial charge is 0.237 e. The quantitative estimate of drug-likeness (QED) is 0.803. The standard InChI is InChI=1S/C17H19N3O4S2/c1-18-16-13-9-5-7-11-15(13)20(26(3,23)24)17(18)12-8-4-6-10-14(12)19(16)25(2,21)22/h4-11,16-17H,1-3H3/p+1/t16-,17+. The highest BCUT2D eigenvalue weighted by Gasteiger charge is 2.54. The SMILES string of the molecule is C[NH+]1[C@@H]2c3ccccc3N(S(C)(=O)=O)[C@@H]1c1ccccc1N2S(C)(=O)=O. The number of nitrogens with one attached hydrogen (secondary N) is 1. The summed E-state index contributed by atoms with van der Waals surface area (Å²) in [7, 11) is -5.32. The minimum absolute atomic E-state index is 0.527. The monoisotopic (exact) mass is 394 g/mol. The molecule has 2 heterocycles. The number of benzene rings is 2. The predicted octanol–water partition coefficient (Wildman–Crippen LogP) is 0.458. The van der Waals surface area contributed by atoms with Gasteiger partial charge in [0.15, 0.2) is 0 Å². The van der Waals surface area contributed by atoms with E-state index < -0.39 is 32.4 Å². The summed E-state index contributed by atoms with van der Waals surface area (Å²) in [6.45, 7) is 0. The summed E-state index contributed by atoms with van der Waals surface area (Å²) >= 11 is 0. The van der Waals surface area contributed by atoms with Crippen molar-refractivity contribution in [3.05, 3.63) is 59.7 Å². The predicted molar refractivity (Wildman–Crippen MR) is 99.9 cm³/mol. The fourth-order valence-electron chi connectivity index (χ4n) is 4.12. The van der Waals surface area contributed by atoms with E-state index in [0.717, 1.165) is 4.90 Å². The second-order valence-corrected chi connectivity index (χ2v) is 10.5. The average molecular weight is 394 g/mol. The number of sulfonamides is 2. The Bertz CT molecular complexity index is 1010. The molecular formula is C17H20N3O4S2+. The van der Waals surface area contributed by atoms with E-state index in [1.807, 2.05) is 7.05 Å². The van der Waals surface area contributed by atoms with Crippen LogP contribution in [0.4, 0.5) is 11.4 Å². The van der Waals surface area contributed by atoms with Crippen molar-refractivity contribution in [1.82, 2.24) is 0 Å². The largest absolute Gasteiger partial charge is 0.289 e. The number of nitrogens with zero attached hydrogens (tertiary/aromatic N) is 2. The van der Waals surface area contributed by atoms with E-state index in [1.54, 1.807) is 48.5 Å². The van der Waals surface area contributed by atoms with Crippen LogP contribution in [0.2, 0.25) is 0 Å². The zero-order valence-corrected chi connectivity index (χ0v) is 16.3. The zero-order chi connectivity index (χ0) is 18.9. The molecule has 2 aromatic rings. The van der Waals surface area contributed by atoms with Gasteiger partial charge in [-0.1, -0.05) is 24.3 Å². The lowest BCUT2D eigenvalue weighted by molar-refractivity contribution is -0.943. The summed E-state index contributed by atoms with van der Waals surface area (Å²) in [6, 6.07) is 14.2. The van der Waals surface area contributed by atoms with Gasteiger partial charge >= 0.3 is 0 Å². The molecule has 1 N–H and O–H groups in total. The highest BCUT2D eigenvalue weighted by molar-refractivity contribution is 7.92. The number of anilines is 2. The van der Waals surface area contributed by atoms with Gasteiger partial charge in [-0.3, -0.25) is 4.90 Å². The fraction of sp³-hybridized carbons (Fsp3) is 0.294. The molecule has 0 spiro atoms. The molecule has 4 rings (SSSR count). The maximum Gasteiger partial charge on any atom is 0.237 e. The second-order valence-electron chi connectivity index (χ2n) is 6.78. The average Bonchev–Trinajstić information content (AvgIpc) is 2.53. The minimum atomic E-state index is -3.57. The van der Waals surface area contributed by atoms with Crippen LogP contribution in [0.15, 0.2) is 48.5 Å². The van der Waals surface area contributed by atoms with E-state index in [4.69, 9.17) is 0 Å². The number of hydrogen-bond acceptors (Lipinski definition) is 4. The molecule has 0 radical (unpaired) electrons. The van der Waals surface area contributed by atoms with Crippen molar-refractivity contribution in [2.75, 3.05) is 28.2 Å². The lowest BCUT2D eigenvalue weighted by Crippen LogP contribution is -3.15. The third-order valence-electron chi connectivity index (χ3n) is 4.98. The molecule has 0 saturated heterocycles. The van der Waals surface area contributed by atoms with Gasteiger partial charge in [0.2, 0.25) is 32.4 Å². The van der Waals surface area contributed by atoms with Crippen LogP contribution in [0.5, 0.6) is 0 Å². The van der Waals surface area contributed by atoms with Crippen LogP contribution >= 0.6 is 0 Å². The molecule has 0 aromatic heterocycles. The van der Waals surface area contributed by atoms with Gasteiger partial charge in [-0.15, -0.1) is 0 Å². The Kier molecular flexibility index (Phi) is 3.63. The number of rotatable bonds is 2. The second kappa shape index (κ2) is 5.45. The number of hydrogen-bond donors (Lipinski definition) is 1. The van der Waals surface area contributed by atoms with Crippen LogP contribution < -0.4 is 13.5 Å². The molecule has 26 heavy (non-hydrogen) atoms. The van der Waals surface area contributed by atoms with Crippen LogP contribution in [0, 0.1) is 0 Å². The summed E-state index contributed by atoms with van der Waals surface area (Å²) in [5.74, 6) is 0. The molecule has 2 bridgehead atoms. The molecule has 3 atom stereocenters. The van der Waals surface area contributed by atoms with Crippen molar-refractivity contribution in [3.63, 3.8) is 0 Å². The van der Waals surface area contributed by atoms with Gasteiger partial charge in [-0.05, 0) is 24.3 Å². The molecule has 0 amide bonds. The summed E-state index contributed by atoms with van der Waals surface area (Å²) in [5, 5.41) is 0. The third-order valence-corrected chi connectivity index (χ3v) is 7.23. The van der Waals surface area contributed by atoms with Crippen molar-refractivity contribution in [2.45, 2.75) is 12.3 Å². The third kappa shape index (κ3) is 2.34. The first-order chi connectivity index (χ1) is 12.1. The Morgan fingerprint density at radius 2 is 1.08 bits per heavy atom. The molecule has 9 heteroatoms. The Balaban J connectivity index is 2.12. The van der Waals surface area contributed by atoms with Gasteiger partial charge < -0.3 is 0 Å². The van der Waals surface area contributed by atoms with E-state index in [0.29, 0.717) is 22.5 Å². The lowest BCUT2D eigenvalue weighted by atomic mass is 9.97. The van der Waals surface area contributed by atoms with Crippen LogP contribution in [0.3, 0.4) is 0 Å². The van der Waals surface area contributed by atoms with E-state index in [9.17, 15) is 16.8 Å². The minimum Gasteiger partial charge on any atom is -0.289 e. The van der Waals surface area contributed by atoms with Crippen LogP contribution in [-0.2, 0) is 20.0 Å². The molecule has 1 unspecified atom stereocenters. The van der Waals surface area contributed by atoms with E-state index >= 15 is 0 Å². The van der Waals surface area contributed by atoms with Crippen LogP contribution in [0.1, 0.15) is 23.5 Å². The molecular weight excluding hydrogens is 374 g/mol. The van der Waals surface area contributed by atoms with Gasteiger partial charge in [-0.2, -0.15) is 0 Å². The highest BCUT2D eigenvalue weighted by Crippen LogP contribution is 2.46. The molecule has 7 nitrogen and oxygen atoms in total. The molecule has 138 valence electrons. The molecule has 2 aromatic carbocycles. The van der Waals surface area contributed by atoms with Crippen LogP contribution in [0.25, 0.3) is 0 Å². The Labute approximate surface area is 153 Å². The first-order valence-electron chi connectivity index (χ1n) is 8.12. The normalized spacial score (nSPS) is 24.8. The van der Waals surface area contributed by atoms with Gasteiger partial charge in [-0.25, -0.2) is 25.4 Å². The van der Waals surface area contributed by atoms with E-state index in [1.165, 1.54) is 21.1 Å².